The molecule has 1 aromatic carbocycles. The molecular formula is C14H15FN2O. The fraction of sp³-hybridized carbons (Fsp3) is 0.429. The highest BCUT2D eigenvalue weighted by Gasteiger charge is 2.25. The molecule has 0 radical (unpaired) electrons. The third-order valence-electron chi connectivity index (χ3n) is 3.28. The summed E-state index contributed by atoms with van der Waals surface area (Å²) in [5.74, 6) is -0.244. The predicted molar refractivity (Wildman–Crippen MR) is 64.9 cm³/mol. The fourth-order valence-corrected chi connectivity index (χ4v) is 2.20. The van der Waals surface area contributed by atoms with Crippen LogP contribution in [0.5, 0.6) is 0 Å². The molecule has 1 amide bonds. The zero-order chi connectivity index (χ0) is 13.1. The van der Waals surface area contributed by atoms with Crippen LogP contribution in [0.25, 0.3) is 0 Å². The standard InChI is InChI=1S/C14H15FN2O/c1-10-6-11(2-4-13(10)15)8-17-9-12(7-16)3-5-14(17)18/h2,4,6,12H,3,5,8-9H2,1H3. The van der Waals surface area contributed by atoms with Crippen molar-refractivity contribution >= 4 is 5.91 Å². The van der Waals surface area contributed by atoms with Crippen LogP contribution in [0.2, 0.25) is 0 Å². The van der Waals surface area contributed by atoms with E-state index in [9.17, 15) is 9.18 Å². The molecule has 0 spiro atoms. The van der Waals surface area contributed by atoms with Gasteiger partial charge >= 0.3 is 0 Å². The zero-order valence-electron chi connectivity index (χ0n) is 10.3. The lowest BCUT2D eigenvalue weighted by Gasteiger charge is -2.29. The summed E-state index contributed by atoms with van der Waals surface area (Å²) in [5.41, 5.74) is 1.48. The fourth-order valence-electron chi connectivity index (χ4n) is 2.20. The van der Waals surface area contributed by atoms with Gasteiger partial charge < -0.3 is 4.90 Å². The van der Waals surface area contributed by atoms with Crippen molar-refractivity contribution in [3.63, 3.8) is 0 Å². The van der Waals surface area contributed by atoms with E-state index in [1.165, 1.54) is 6.07 Å². The minimum atomic E-state index is -0.237. The van der Waals surface area contributed by atoms with Crippen molar-refractivity contribution in [2.45, 2.75) is 26.3 Å². The summed E-state index contributed by atoms with van der Waals surface area (Å²) in [6.45, 7) is 2.64. The first kappa shape index (κ1) is 12.6. The minimum Gasteiger partial charge on any atom is -0.337 e. The van der Waals surface area contributed by atoms with Gasteiger partial charge in [0.2, 0.25) is 5.91 Å². The van der Waals surface area contributed by atoms with E-state index >= 15 is 0 Å². The van der Waals surface area contributed by atoms with Gasteiger partial charge in [0, 0.05) is 19.5 Å². The number of nitriles is 1. The molecule has 0 bridgehead atoms. The molecule has 1 unspecified atom stereocenters. The third-order valence-corrected chi connectivity index (χ3v) is 3.28. The van der Waals surface area contributed by atoms with Crippen molar-refractivity contribution in [1.82, 2.24) is 4.90 Å². The molecule has 0 saturated carbocycles. The summed E-state index contributed by atoms with van der Waals surface area (Å²) < 4.78 is 13.1. The Morgan fingerprint density at radius 2 is 2.33 bits per heavy atom. The number of hydrogen-bond donors (Lipinski definition) is 0. The number of nitrogens with zero attached hydrogens (tertiary/aromatic N) is 2. The summed E-state index contributed by atoms with van der Waals surface area (Å²) in [6, 6.07) is 7.06. The molecule has 1 heterocycles. The summed E-state index contributed by atoms with van der Waals surface area (Å²) >= 11 is 0. The summed E-state index contributed by atoms with van der Waals surface area (Å²) in [4.78, 5) is 13.4. The first-order chi connectivity index (χ1) is 8.60. The molecule has 1 atom stereocenters. The number of halogens is 1. The van der Waals surface area contributed by atoms with Gasteiger partial charge in [-0.05, 0) is 30.5 Å². The molecule has 0 aliphatic carbocycles. The number of carbonyl (C=O) groups excluding carboxylic acids is 1. The second kappa shape index (κ2) is 5.18. The predicted octanol–water partition coefficient (Wildman–Crippen LogP) is 2.40. The van der Waals surface area contributed by atoms with E-state index < -0.39 is 0 Å². The van der Waals surface area contributed by atoms with Crippen molar-refractivity contribution in [2.24, 2.45) is 5.92 Å². The van der Waals surface area contributed by atoms with Crippen molar-refractivity contribution in [3.05, 3.63) is 35.1 Å². The normalized spacial score (nSPS) is 19.7. The summed E-state index contributed by atoms with van der Waals surface area (Å²) in [7, 11) is 0. The molecule has 1 fully saturated rings. The van der Waals surface area contributed by atoms with Crippen LogP contribution in [-0.4, -0.2) is 17.4 Å². The topological polar surface area (TPSA) is 44.1 Å². The number of piperidine rings is 1. The van der Waals surface area contributed by atoms with Crippen molar-refractivity contribution in [3.8, 4) is 6.07 Å². The number of rotatable bonds is 2. The van der Waals surface area contributed by atoms with Gasteiger partial charge in [0.25, 0.3) is 0 Å². The maximum absolute atomic E-state index is 13.1. The molecule has 18 heavy (non-hydrogen) atoms. The highest BCUT2D eigenvalue weighted by Crippen LogP contribution is 2.20. The van der Waals surface area contributed by atoms with Crippen LogP contribution in [0.15, 0.2) is 18.2 Å². The van der Waals surface area contributed by atoms with E-state index in [2.05, 4.69) is 6.07 Å². The van der Waals surface area contributed by atoms with Crippen LogP contribution in [0.4, 0.5) is 4.39 Å². The maximum Gasteiger partial charge on any atom is 0.222 e. The molecule has 3 nitrogen and oxygen atoms in total. The molecule has 1 aromatic rings. The van der Waals surface area contributed by atoms with Gasteiger partial charge in [-0.2, -0.15) is 5.26 Å². The van der Waals surface area contributed by atoms with E-state index in [0.29, 0.717) is 31.5 Å². The minimum absolute atomic E-state index is 0.0727. The number of likely N-dealkylation sites (tertiary alicyclic amines) is 1. The molecule has 2 rings (SSSR count). The number of benzene rings is 1. The van der Waals surface area contributed by atoms with E-state index in [4.69, 9.17) is 5.26 Å². The maximum atomic E-state index is 13.1. The van der Waals surface area contributed by atoms with E-state index in [1.54, 1.807) is 24.0 Å². The Hall–Kier alpha value is -1.89. The number of amides is 1. The summed E-state index contributed by atoms with van der Waals surface area (Å²) in [5, 5.41) is 8.90. The number of aryl methyl sites for hydroxylation is 1. The molecule has 1 aliphatic rings. The lowest BCUT2D eigenvalue weighted by atomic mass is 9.98. The van der Waals surface area contributed by atoms with Gasteiger partial charge in [-0.1, -0.05) is 12.1 Å². The molecule has 1 saturated heterocycles. The van der Waals surface area contributed by atoms with Crippen molar-refractivity contribution in [2.75, 3.05) is 6.54 Å². The van der Waals surface area contributed by atoms with E-state index in [-0.39, 0.29) is 17.6 Å². The zero-order valence-corrected chi connectivity index (χ0v) is 10.3. The first-order valence-electron chi connectivity index (χ1n) is 6.02. The monoisotopic (exact) mass is 246 g/mol. The van der Waals surface area contributed by atoms with Gasteiger partial charge in [-0.15, -0.1) is 0 Å². The lowest BCUT2D eigenvalue weighted by Crippen LogP contribution is -2.38. The average molecular weight is 246 g/mol. The smallest absolute Gasteiger partial charge is 0.222 e. The van der Waals surface area contributed by atoms with Crippen LogP contribution < -0.4 is 0 Å². The highest BCUT2D eigenvalue weighted by molar-refractivity contribution is 5.77. The number of carbonyl (C=O) groups is 1. The number of hydrogen-bond acceptors (Lipinski definition) is 2. The van der Waals surface area contributed by atoms with Crippen LogP contribution in [0.1, 0.15) is 24.0 Å². The van der Waals surface area contributed by atoms with E-state index in [0.717, 1.165) is 5.56 Å². The van der Waals surface area contributed by atoms with Crippen molar-refractivity contribution < 1.29 is 9.18 Å². The molecule has 94 valence electrons. The molecule has 0 N–H and O–H groups in total. The van der Waals surface area contributed by atoms with E-state index in [1.807, 2.05) is 0 Å². The second-order valence-electron chi connectivity index (χ2n) is 4.72. The molecule has 0 aromatic heterocycles. The summed E-state index contributed by atoms with van der Waals surface area (Å²) in [6.07, 6.45) is 1.08. The first-order valence-corrected chi connectivity index (χ1v) is 6.02. The van der Waals surface area contributed by atoms with Gasteiger partial charge in [-0.25, -0.2) is 4.39 Å². The Kier molecular flexibility index (Phi) is 3.61. The quantitative estimate of drug-likeness (QED) is 0.804. The SMILES string of the molecule is Cc1cc(CN2CC(C#N)CCC2=O)ccc1F. The Morgan fingerprint density at radius 3 is 3.00 bits per heavy atom. The van der Waals surface area contributed by atoms with Gasteiger partial charge in [0.1, 0.15) is 5.82 Å². The molecule has 1 aliphatic heterocycles. The van der Waals surface area contributed by atoms with Gasteiger partial charge in [0.05, 0.1) is 12.0 Å². The second-order valence-corrected chi connectivity index (χ2v) is 4.72. The van der Waals surface area contributed by atoms with Gasteiger partial charge in [-0.3, -0.25) is 4.79 Å². The average Bonchev–Trinajstić information content (AvgIpc) is 2.36. The molecule has 4 heteroatoms. The van der Waals surface area contributed by atoms with Crippen LogP contribution >= 0.6 is 0 Å². The molecular weight excluding hydrogens is 231 g/mol. The van der Waals surface area contributed by atoms with Crippen LogP contribution in [-0.2, 0) is 11.3 Å². The Bertz CT molecular complexity index is 507. The van der Waals surface area contributed by atoms with Crippen LogP contribution in [0, 0.1) is 30.0 Å². The Morgan fingerprint density at radius 1 is 1.56 bits per heavy atom. The largest absolute Gasteiger partial charge is 0.337 e. The third kappa shape index (κ3) is 2.67. The highest BCUT2D eigenvalue weighted by atomic mass is 19.1. The van der Waals surface area contributed by atoms with Crippen LogP contribution in [0.3, 0.4) is 0 Å². The lowest BCUT2D eigenvalue weighted by molar-refractivity contribution is -0.134. The Labute approximate surface area is 106 Å². The van der Waals surface area contributed by atoms with Gasteiger partial charge in [0.15, 0.2) is 0 Å². The Balaban J connectivity index is 2.10. The van der Waals surface area contributed by atoms with Crippen molar-refractivity contribution in [1.29, 1.82) is 5.26 Å².